The Balaban J connectivity index is 1.83. The van der Waals surface area contributed by atoms with Gasteiger partial charge in [0.15, 0.2) is 6.61 Å². The summed E-state index contributed by atoms with van der Waals surface area (Å²) < 4.78 is 5.27. The van der Waals surface area contributed by atoms with Crippen molar-refractivity contribution in [2.75, 3.05) is 6.61 Å². The Hall–Kier alpha value is -3.33. The Morgan fingerprint density at radius 1 is 1.27 bits per heavy atom. The van der Waals surface area contributed by atoms with E-state index in [1.807, 2.05) is 6.07 Å². The number of benzene rings is 2. The first-order chi connectivity index (χ1) is 10.7. The van der Waals surface area contributed by atoms with E-state index in [1.165, 1.54) is 18.3 Å². The highest BCUT2D eigenvalue weighted by Crippen LogP contribution is 2.16. The van der Waals surface area contributed by atoms with Crippen molar-refractivity contribution in [1.82, 2.24) is 5.43 Å². The van der Waals surface area contributed by atoms with Gasteiger partial charge in [-0.2, -0.15) is 10.4 Å². The number of nitrogens with zero attached hydrogens (tertiary/aromatic N) is 2. The van der Waals surface area contributed by atoms with Crippen molar-refractivity contribution in [2.45, 2.75) is 0 Å². The summed E-state index contributed by atoms with van der Waals surface area (Å²) in [5, 5.41) is 21.8. The highest BCUT2D eigenvalue weighted by Gasteiger charge is 2.05. The summed E-state index contributed by atoms with van der Waals surface area (Å²) in [6, 6.07) is 15.0. The van der Waals surface area contributed by atoms with Crippen LogP contribution in [0.15, 0.2) is 53.6 Å². The predicted molar refractivity (Wildman–Crippen MR) is 80.5 cm³/mol. The van der Waals surface area contributed by atoms with Crippen LogP contribution in [0.4, 0.5) is 0 Å². The second-order valence-electron chi connectivity index (χ2n) is 4.28. The number of hydrazone groups is 1. The molecule has 0 bridgehead atoms. The minimum absolute atomic E-state index is 0.158. The second-order valence-corrected chi connectivity index (χ2v) is 4.28. The van der Waals surface area contributed by atoms with Crippen molar-refractivity contribution in [2.24, 2.45) is 5.10 Å². The molecule has 0 aromatic heterocycles. The summed E-state index contributed by atoms with van der Waals surface area (Å²) in [7, 11) is 0. The third-order valence-electron chi connectivity index (χ3n) is 2.66. The van der Waals surface area contributed by atoms with E-state index in [9.17, 15) is 4.79 Å². The van der Waals surface area contributed by atoms with Crippen LogP contribution in [0.25, 0.3) is 0 Å². The molecule has 0 aliphatic heterocycles. The number of para-hydroxylation sites is 1. The third kappa shape index (κ3) is 4.35. The van der Waals surface area contributed by atoms with Gasteiger partial charge in [-0.1, -0.05) is 12.1 Å². The van der Waals surface area contributed by atoms with Gasteiger partial charge in [0, 0.05) is 0 Å². The largest absolute Gasteiger partial charge is 0.508 e. The summed E-state index contributed by atoms with van der Waals surface area (Å²) in [6.45, 7) is -0.244. The van der Waals surface area contributed by atoms with E-state index in [-0.39, 0.29) is 12.4 Å². The number of rotatable bonds is 5. The van der Waals surface area contributed by atoms with Gasteiger partial charge in [0.25, 0.3) is 5.91 Å². The van der Waals surface area contributed by atoms with E-state index in [4.69, 9.17) is 15.1 Å². The minimum atomic E-state index is -0.442. The van der Waals surface area contributed by atoms with E-state index < -0.39 is 5.91 Å². The zero-order valence-corrected chi connectivity index (χ0v) is 11.6. The Morgan fingerprint density at radius 3 is 2.73 bits per heavy atom. The number of phenols is 1. The third-order valence-corrected chi connectivity index (χ3v) is 2.66. The van der Waals surface area contributed by atoms with Crippen molar-refractivity contribution in [3.05, 3.63) is 59.7 Å². The fraction of sp³-hybridized carbons (Fsp3) is 0.0625. The first kappa shape index (κ1) is 15.1. The average Bonchev–Trinajstić information content (AvgIpc) is 2.55. The lowest BCUT2D eigenvalue weighted by atomic mass is 10.2. The van der Waals surface area contributed by atoms with Gasteiger partial charge >= 0.3 is 0 Å². The van der Waals surface area contributed by atoms with Gasteiger partial charge in [-0.25, -0.2) is 5.43 Å². The monoisotopic (exact) mass is 295 g/mol. The summed E-state index contributed by atoms with van der Waals surface area (Å²) >= 11 is 0. The molecular formula is C16H13N3O3. The summed E-state index contributed by atoms with van der Waals surface area (Å²) in [6.07, 6.45) is 1.45. The molecule has 6 nitrogen and oxygen atoms in total. The van der Waals surface area contributed by atoms with Gasteiger partial charge in [-0.15, -0.1) is 0 Å². The Kier molecular flexibility index (Phi) is 5.10. The van der Waals surface area contributed by atoms with Gasteiger partial charge in [0.05, 0.1) is 11.8 Å². The lowest BCUT2D eigenvalue weighted by molar-refractivity contribution is -0.123. The molecule has 110 valence electrons. The molecule has 0 atom stereocenters. The number of amides is 1. The van der Waals surface area contributed by atoms with Crippen molar-refractivity contribution in [3.8, 4) is 17.6 Å². The van der Waals surface area contributed by atoms with Gasteiger partial charge in [-0.05, 0) is 42.0 Å². The molecule has 6 heteroatoms. The van der Waals surface area contributed by atoms with Crippen LogP contribution in [0.1, 0.15) is 11.1 Å². The molecule has 2 N–H and O–H groups in total. The Morgan fingerprint density at radius 2 is 2.00 bits per heavy atom. The van der Waals surface area contributed by atoms with Crippen LogP contribution in [0.3, 0.4) is 0 Å². The van der Waals surface area contributed by atoms with Crippen LogP contribution in [0.5, 0.6) is 11.5 Å². The lowest BCUT2D eigenvalue weighted by Crippen LogP contribution is -2.24. The number of carbonyl (C=O) groups is 1. The van der Waals surface area contributed by atoms with Crippen molar-refractivity contribution in [1.29, 1.82) is 5.26 Å². The fourth-order valence-electron chi connectivity index (χ4n) is 1.60. The van der Waals surface area contributed by atoms with E-state index in [0.29, 0.717) is 11.3 Å². The zero-order chi connectivity index (χ0) is 15.8. The molecule has 0 spiro atoms. The highest BCUT2D eigenvalue weighted by molar-refractivity contribution is 5.83. The van der Waals surface area contributed by atoms with Crippen molar-refractivity contribution in [3.63, 3.8) is 0 Å². The fourth-order valence-corrected chi connectivity index (χ4v) is 1.60. The van der Waals surface area contributed by atoms with E-state index in [2.05, 4.69) is 10.5 Å². The average molecular weight is 295 g/mol. The molecule has 22 heavy (non-hydrogen) atoms. The first-order valence-corrected chi connectivity index (χ1v) is 6.42. The quantitative estimate of drug-likeness (QED) is 0.649. The molecule has 1 amide bonds. The smallest absolute Gasteiger partial charge is 0.277 e. The van der Waals surface area contributed by atoms with Crippen LogP contribution in [0.2, 0.25) is 0 Å². The summed E-state index contributed by atoms with van der Waals surface area (Å²) in [4.78, 5) is 11.6. The van der Waals surface area contributed by atoms with E-state index in [0.717, 1.165) is 5.56 Å². The number of nitriles is 1. The minimum Gasteiger partial charge on any atom is -0.508 e. The van der Waals surface area contributed by atoms with Crippen LogP contribution < -0.4 is 10.2 Å². The van der Waals surface area contributed by atoms with Crippen LogP contribution >= 0.6 is 0 Å². The predicted octanol–water partition coefficient (Wildman–Crippen LogP) is 1.79. The number of ether oxygens (including phenoxy) is 1. The molecule has 0 heterocycles. The molecule has 2 aromatic carbocycles. The molecule has 0 fully saturated rings. The van der Waals surface area contributed by atoms with Crippen molar-refractivity contribution < 1.29 is 14.6 Å². The van der Waals surface area contributed by atoms with Gasteiger partial charge < -0.3 is 9.84 Å². The molecule has 2 aromatic rings. The Labute approximate surface area is 127 Å². The Bertz CT molecular complexity index is 718. The van der Waals surface area contributed by atoms with Crippen LogP contribution in [-0.4, -0.2) is 23.8 Å². The first-order valence-electron chi connectivity index (χ1n) is 6.42. The SMILES string of the molecule is N#Cc1ccccc1OCC(=O)NN=Cc1ccc(O)cc1. The van der Waals surface area contributed by atoms with Crippen molar-refractivity contribution >= 4 is 12.1 Å². The van der Waals surface area contributed by atoms with Gasteiger partial charge in [0.1, 0.15) is 17.6 Å². The number of nitrogens with one attached hydrogen (secondary N) is 1. The topological polar surface area (TPSA) is 94.7 Å². The lowest BCUT2D eigenvalue weighted by Gasteiger charge is -2.06. The molecule has 2 rings (SSSR count). The molecule has 0 unspecified atom stereocenters. The molecule has 0 aliphatic carbocycles. The second kappa shape index (κ2) is 7.45. The maximum Gasteiger partial charge on any atom is 0.277 e. The molecule has 0 aliphatic rings. The number of hydrogen-bond acceptors (Lipinski definition) is 5. The number of phenolic OH excluding ortho intramolecular Hbond substituents is 1. The molecule has 0 saturated carbocycles. The molecule has 0 saturated heterocycles. The number of aromatic hydroxyl groups is 1. The highest BCUT2D eigenvalue weighted by atomic mass is 16.5. The molecule has 0 radical (unpaired) electrons. The van der Waals surface area contributed by atoms with Crippen LogP contribution in [0, 0.1) is 11.3 Å². The van der Waals surface area contributed by atoms with E-state index >= 15 is 0 Å². The standard InChI is InChI=1S/C16H13N3O3/c17-9-13-3-1-2-4-15(13)22-11-16(21)19-18-10-12-5-7-14(20)8-6-12/h1-8,10,20H,11H2,(H,19,21). The van der Waals surface area contributed by atoms with Gasteiger partial charge in [-0.3, -0.25) is 4.79 Å². The van der Waals surface area contributed by atoms with Gasteiger partial charge in [0.2, 0.25) is 0 Å². The summed E-state index contributed by atoms with van der Waals surface area (Å²) in [5.41, 5.74) is 3.41. The van der Waals surface area contributed by atoms with E-state index in [1.54, 1.807) is 36.4 Å². The molecular weight excluding hydrogens is 282 g/mol. The summed E-state index contributed by atoms with van der Waals surface area (Å²) in [5.74, 6) is 0.0659. The normalized spacial score (nSPS) is 10.1. The number of carbonyl (C=O) groups excluding carboxylic acids is 1. The maximum atomic E-state index is 11.6. The maximum absolute atomic E-state index is 11.6. The zero-order valence-electron chi connectivity index (χ0n) is 11.6. The van der Waals surface area contributed by atoms with Crippen LogP contribution in [-0.2, 0) is 4.79 Å². The number of hydrogen-bond donors (Lipinski definition) is 2.